The topological polar surface area (TPSA) is 143 Å². The summed E-state index contributed by atoms with van der Waals surface area (Å²) in [5.41, 5.74) is 0.0871. The predicted molar refractivity (Wildman–Crippen MR) is 123 cm³/mol. The third-order valence-electron chi connectivity index (χ3n) is 4.25. The Labute approximate surface area is 191 Å². The fourth-order valence-corrected chi connectivity index (χ4v) is 5.10. The number of nitrogens with zero attached hydrogens (tertiary/aromatic N) is 3. The standard InChI is InChI=1S/C19H21ClN6O4S2/c1-3-8-31(27,28)16-6-5-14(32(29,30)21-2)9-15(16)25-18-10-19(24-12-23-18)26-17-7-4-13(20)11-22-17/h4-7,9-12,21H,3,8H2,1-2H3,(H2,22,23,24,25,26). The molecule has 2 aromatic heterocycles. The zero-order valence-corrected chi connectivity index (χ0v) is 19.6. The summed E-state index contributed by atoms with van der Waals surface area (Å²) in [6, 6.07) is 8.64. The van der Waals surface area contributed by atoms with E-state index in [1.54, 1.807) is 19.1 Å². The Hall–Kier alpha value is -2.80. The van der Waals surface area contributed by atoms with Gasteiger partial charge in [0.15, 0.2) is 9.84 Å². The van der Waals surface area contributed by atoms with E-state index >= 15 is 0 Å². The third-order valence-corrected chi connectivity index (χ3v) is 7.86. The molecular weight excluding hydrogens is 476 g/mol. The van der Waals surface area contributed by atoms with Gasteiger partial charge in [0.25, 0.3) is 0 Å². The number of halogens is 1. The highest BCUT2D eigenvalue weighted by Crippen LogP contribution is 2.29. The van der Waals surface area contributed by atoms with Crippen LogP contribution in [0, 0.1) is 0 Å². The van der Waals surface area contributed by atoms with Crippen LogP contribution in [0.4, 0.5) is 23.1 Å². The molecule has 0 saturated carbocycles. The summed E-state index contributed by atoms with van der Waals surface area (Å²) in [4.78, 5) is 12.2. The number of hydrogen-bond donors (Lipinski definition) is 3. The van der Waals surface area contributed by atoms with Gasteiger partial charge in [0, 0.05) is 12.3 Å². The molecule has 3 aromatic rings. The molecule has 2 heterocycles. The van der Waals surface area contributed by atoms with Crippen LogP contribution in [-0.4, -0.2) is 44.6 Å². The van der Waals surface area contributed by atoms with Gasteiger partial charge < -0.3 is 10.6 Å². The summed E-state index contributed by atoms with van der Waals surface area (Å²) in [6.07, 6.45) is 3.16. The normalized spacial score (nSPS) is 11.8. The molecule has 0 aliphatic carbocycles. The van der Waals surface area contributed by atoms with Crippen molar-refractivity contribution in [2.45, 2.75) is 23.1 Å². The van der Waals surface area contributed by atoms with Crippen molar-refractivity contribution < 1.29 is 16.8 Å². The predicted octanol–water partition coefficient (Wildman–Crippen LogP) is 3.10. The van der Waals surface area contributed by atoms with Gasteiger partial charge >= 0.3 is 0 Å². The summed E-state index contributed by atoms with van der Waals surface area (Å²) < 4.78 is 52.2. The van der Waals surface area contributed by atoms with Gasteiger partial charge in [0.1, 0.15) is 23.8 Å². The average Bonchev–Trinajstić information content (AvgIpc) is 2.75. The minimum atomic E-state index is -3.79. The number of nitrogens with one attached hydrogen (secondary N) is 3. The van der Waals surface area contributed by atoms with Crippen molar-refractivity contribution in [3.05, 3.63) is 53.9 Å². The lowest BCUT2D eigenvalue weighted by atomic mass is 10.3. The first kappa shape index (κ1) is 23.9. The molecule has 3 N–H and O–H groups in total. The number of rotatable bonds is 9. The Morgan fingerprint density at radius 2 is 1.62 bits per heavy atom. The lowest BCUT2D eigenvalue weighted by Gasteiger charge is -2.14. The van der Waals surface area contributed by atoms with E-state index in [1.165, 1.54) is 43.8 Å². The van der Waals surface area contributed by atoms with Crippen LogP contribution >= 0.6 is 11.6 Å². The molecule has 10 nitrogen and oxygen atoms in total. The van der Waals surface area contributed by atoms with Gasteiger partial charge in [-0.25, -0.2) is 36.5 Å². The maximum absolute atomic E-state index is 12.7. The molecule has 0 unspecified atom stereocenters. The van der Waals surface area contributed by atoms with Gasteiger partial charge in [0.05, 0.1) is 26.3 Å². The Morgan fingerprint density at radius 3 is 2.25 bits per heavy atom. The molecule has 1 aromatic carbocycles. The molecule has 0 radical (unpaired) electrons. The molecule has 0 aliphatic rings. The van der Waals surface area contributed by atoms with Crippen LogP contribution in [-0.2, 0) is 19.9 Å². The highest BCUT2D eigenvalue weighted by atomic mass is 35.5. The zero-order chi connectivity index (χ0) is 23.4. The first-order valence-corrected chi connectivity index (χ1v) is 12.9. The van der Waals surface area contributed by atoms with Gasteiger partial charge in [-0.15, -0.1) is 0 Å². The van der Waals surface area contributed by atoms with Crippen LogP contribution in [0.1, 0.15) is 13.3 Å². The van der Waals surface area contributed by atoms with E-state index in [0.717, 1.165) is 0 Å². The highest BCUT2D eigenvalue weighted by Gasteiger charge is 2.22. The number of sulfone groups is 1. The van der Waals surface area contributed by atoms with Crippen molar-refractivity contribution in [1.29, 1.82) is 0 Å². The number of benzene rings is 1. The highest BCUT2D eigenvalue weighted by molar-refractivity contribution is 7.91. The van der Waals surface area contributed by atoms with Crippen LogP contribution in [0.3, 0.4) is 0 Å². The second-order valence-corrected chi connectivity index (χ2v) is 11.0. The number of anilines is 4. The molecule has 170 valence electrons. The maximum atomic E-state index is 12.7. The van der Waals surface area contributed by atoms with Crippen LogP contribution in [0.25, 0.3) is 0 Å². The van der Waals surface area contributed by atoms with Crippen molar-refractivity contribution in [2.75, 3.05) is 23.4 Å². The molecular formula is C19H21ClN6O4S2. The molecule has 0 saturated heterocycles. The lowest BCUT2D eigenvalue weighted by molar-refractivity contribution is 0.586. The SMILES string of the molecule is CCCS(=O)(=O)c1ccc(S(=O)(=O)NC)cc1Nc1cc(Nc2ccc(Cl)cn2)ncn1. The Kier molecular flexibility index (Phi) is 7.29. The van der Waals surface area contributed by atoms with E-state index < -0.39 is 19.9 Å². The quantitative estimate of drug-likeness (QED) is 0.407. The van der Waals surface area contributed by atoms with E-state index in [9.17, 15) is 16.8 Å². The molecule has 0 aliphatic heterocycles. The van der Waals surface area contributed by atoms with Gasteiger partial charge in [-0.1, -0.05) is 18.5 Å². The zero-order valence-electron chi connectivity index (χ0n) is 17.2. The van der Waals surface area contributed by atoms with Crippen molar-refractivity contribution in [1.82, 2.24) is 19.7 Å². The molecule has 3 rings (SSSR count). The minimum Gasteiger partial charge on any atom is -0.339 e. The van der Waals surface area contributed by atoms with Gasteiger partial charge in [-0.05, 0) is 43.8 Å². The lowest BCUT2D eigenvalue weighted by Crippen LogP contribution is -2.19. The summed E-state index contributed by atoms with van der Waals surface area (Å²) in [6.45, 7) is 1.75. The number of aromatic nitrogens is 3. The van der Waals surface area contributed by atoms with Crippen LogP contribution < -0.4 is 15.4 Å². The molecule has 0 amide bonds. The summed E-state index contributed by atoms with van der Waals surface area (Å²) in [5.74, 6) is 1.05. The Balaban J connectivity index is 1.99. The second-order valence-electron chi connectivity index (χ2n) is 6.58. The van der Waals surface area contributed by atoms with Crippen LogP contribution in [0.15, 0.2) is 58.7 Å². The largest absolute Gasteiger partial charge is 0.339 e. The molecule has 0 fully saturated rings. The maximum Gasteiger partial charge on any atom is 0.240 e. The first-order chi connectivity index (χ1) is 15.1. The van der Waals surface area contributed by atoms with E-state index in [1.807, 2.05) is 0 Å². The van der Waals surface area contributed by atoms with Gasteiger partial charge in [-0.3, -0.25) is 0 Å². The summed E-state index contributed by atoms with van der Waals surface area (Å²) >= 11 is 5.84. The second kappa shape index (κ2) is 9.77. The van der Waals surface area contributed by atoms with E-state index in [4.69, 9.17) is 11.6 Å². The van der Waals surface area contributed by atoms with E-state index in [2.05, 4.69) is 30.3 Å². The van der Waals surface area contributed by atoms with Gasteiger partial charge in [0.2, 0.25) is 10.0 Å². The Morgan fingerprint density at radius 1 is 0.906 bits per heavy atom. The van der Waals surface area contributed by atoms with Crippen molar-refractivity contribution in [3.8, 4) is 0 Å². The fourth-order valence-electron chi connectivity index (χ4n) is 2.75. The average molecular weight is 497 g/mol. The van der Waals surface area contributed by atoms with Crippen molar-refractivity contribution in [3.63, 3.8) is 0 Å². The molecule has 13 heteroatoms. The number of hydrogen-bond acceptors (Lipinski definition) is 9. The molecule has 32 heavy (non-hydrogen) atoms. The first-order valence-electron chi connectivity index (χ1n) is 9.42. The van der Waals surface area contributed by atoms with Crippen LogP contribution in [0.2, 0.25) is 5.02 Å². The summed E-state index contributed by atoms with van der Waals surface area (Å²) in [5, 5.41) is 6.37. The molecule has 0 spiro atoms. The van der Waals surface area contributed by atoms with E-state index in [0.29, 0.717) is 23.1 Å². The minimum absolute atomic E-state index is 0.0260. The number of sulfonamides is 1. The number of pyridine rings is 1. The van der Waals surface area contributed by atoms with Crippen molar-refractivity contribution >= 4 is 54.6 Å². The molecule has 0 bridgehead atoms. The monoisotopic (exact) mass is 496 g/mol. The van der Waals surface area contributed by atoms with Crippen LogP contribution in [0.5, 0.6) is 0 Å². The van der Waals surface area contributed by atoms with Gasteiger partial charge in [-0.2, -0.15) is 0 Å². The summed E-state index contributed by atoms with van der Waals surface area (Å²) in [7, 11) is -6.17. The molecule has 0 atom stereocenters. The van der Waals surface area contributed by atoms with Crippen molar-refractivity contribution in [2.24, 2.45) is 0 Å². The van der Waals surface area contributed by atoms with E-state index in [-0.39, 0.29) is 27.0 Å². The fraction of sp³-hybridized carbons (Fsp3) is 0.211. The third kappa shape index (κ3) is 5.71. The Bertz CT molecular complexity index is 1320. The smallest absolute Gasteiger partial charge is 0.240 e.